The number of hydrogen-bond donors (Lipinski definition) is 1. The van der Waals surface area contributed by atoms with E-state index in [2.05, 4.69) is 10.3 Å². The lowest BCUT2D eigenvalue weighted by Crippen LogP contribution is -2.55. The maximum absolute atomic E-state index is 12.8. The summed E-state index contributed by atoms with van der Waals surface area (Å²) in [6.07, 6.45) is 0. The van der Waals surface area contributed by atoms with Crippen LogP contribution in [0.1, 0.15) is 41.5 Å². The predicted molar refractivity (Wildman–Crippen MR) is 91.0 cm³/mol. The van der Waals surface area contributed by atoms with Crippen LogP contribution in [0.3, 0.4) is 0 Å². The van der Waals surface area contributed by atoms with Gasteiger partial charge in [0.25, 0.3) is 5.79 Å². The van der Waals surface area contributed by atoms with Crippen molar-refractivity contribution in [3.63, 3.8) is 0 Å². The van der Waals surface area contributed by atoms with Crippen LogP contribution in [-0.2, 0) is 19.2 Å². The molecule has 0 bridgehead atoms. The van der Waals surface area contributed by atoms with Crippen molar-refractivity contribution in [1.29, 1.82) is 15.8 Å². The minimum Gasteiger partial charge on any atom is -0.359 e. The normalized spacial score (nSPS) is 37.5. The monoisotopic (exact) mass is 372 g/mol. The molecule has 142 valence electrons. The predicted octanol–water partition coefficient (Wildman–Crippen LogP) is 1.30. The highest BCUT2D eigenvalue weighted by molar-refractivity contribution is 5.95. The number of ether oxygens (including phenoxy) is 1. The Hall–Kier alpha value is -3.00. The van der Waals surface area contributed by atoms with Gasteiger partial charge in [-0.15, -0.1) is 0 Å². The topological polar surface area (TPSA) is 167 Å². The maximum atomic E-state index is 12.8. The second kappa shape index (κ2) is 5.75. The Morgan fingerprint density at radius 1 is 0.963 bits per heavy atom. The SMILES string of the molecule is CC(=O)C12C(C)(ON=C(C)C)OC(N)(ON=C(C)C)C1(C#N)C2(C#N)C#N. The molecule has 0 radical (unpaired) electrons. The van der Waals surface area contributed by atoms with Crippen LogP contribution >= 0.6 is 0 Å². The van der Waals surface area contributed by atoms with E-state index >= 15 is 0 Å². The summed E-state index contributed by atoms with van der Waals surface area (Å²) in [6.45, 7) is 8.89. The number of ketones is 1. The van der Waals surface area contributed by atoms with E-state index in [9.17, 15) is 20.6 Å². The van der Waals surface area contributed by atoms with Crippen molar-refractivity contribution in [2.45, 2.75) is 53.2 Å². The van der Waals surface area contributed by atoms with Crippen LogP contribution in [0.15, 0.2) is 10.3 Å². The second-order valence-corrected chi connectivity index (χ2v) is 7.12. The number of fused-ring (bicyclic) bond motifs is 1. The lowest BCUT2D eigenvalue weighted by Gasteiger charge is -2.35. The van der Waals surface area contributed by atoms with E-state index in [4.69, 9.17) is 20.1 Å². The van der Waals surface area contributed by atoms with E-state index in [0.29, 0.717) is 11.4 Å². The van der Waals surface area contributed by atoms with Gasteiger partial charge in [0.05, 0.1) is 29.6 Å². The molecule has 2 N–H and O–H groups in total. The summed E-state index contributed by atoms with van der Waals surface area (Å²) in [5, 5.41) is 37.2. The van der Waals surface area contributed by atoms with Gasteiger partial charge in [0, 0.05) is 6.92 Å². The molecule has 0 amide bonds. The van der Waals surface area contributed by atoms with Crippen molar-refractivity contribution in [3.05, 3.63) is 0 Å². The van der Waals surface area contributed by atoms with Crippen LogP contribution in [0.4, 0.5) is 0 Å². The fraction of sp³-hybridized carbons (Fsp3) is 0.647. The summed E-state index contributed by atoms with van der Waals surface area (Å²) in [5.41, 5.74) is 0.686. The number of nitriles is 3. The van der Waals surface area contributed by atoms with Crippen LogP contribution in [-0.4, -0.2) is 28.9 Å². The van der Waals surface area contributed by atoms with Gasteiger partial charge < -0.3 is 9.68 Å². The van der Waals surface area contributed by atoms with Crippen molar-refractivity contribution in [2.24, 2.45) is 32.3 Å². The van der Waals surface area contributed by atoms with E-state index in [1.54, 1.807) is 39.8 Å². The number of Topliss-reactive ketones (excluding diaryl/α,β-unsaturated/α-hetero) is 1. The number of rotatable bonds is 5. The Labute approximate surface area is 156 Å². The zero-order valence-corrected chi connectivity index (χ0v) is 15.9. The molecule has 4 atom stereocenters. The van der Waals surface area contributed by atoms with Gasteiger partial charge in [-0.2, -0.15) is 15.8 Å². The summed E-state index contributed by atoms with van der Waals surface area (Å²) in [5.74, 6) is -5.11. The molecule has 2 aliphatic rings. The fourth-order valence-corrected chi connectivity index (χ4v) is 4.17. The Morgan fingerprint density at radius 3 is 1.81 bits per heavy atom. The zero-order valence-electron chi connectivity index (χ0n) is 15.9. The lowest BCUT2D eigenvalue weighted by atomic mass is 9.82. The van der Waals surface area contributed by atoms with E-state index in [-0.39, 0.29) is 0 Å². The Balaban J connectivity index is 2.87. The summed E-state index contributed by atoms with van der Waals surface area (Å²) in [7, 11) is 0. The number of oxime groups is 2. The summed E-state index contributed by atoms with van der Waals surface area (Å²) in [6, 6.07) is 5.41. The van der Waals surface area contributed by atoms with Gasteiger partial charge in [-0.3, -0.25) is 15.3 Å². The first kappa shape index (κ1) is 20.3. The molecule has 1 aliphatic carbocycles. The largest absolute Gasteiger partial charge is 0.359 e. The van der Waals surface area contributed by atoms with Crippen molar-refractivity contribution >= 4 is 17.2 Å². The van der Waals surface area contributed by atoms with Gasteiger partial charge in [-0.1, -0.05) is 10.3 Å². The first-order chi connectivity index (χ1) is 12.4. The number of nitrogens with zero attached hydrogens (tertiary/aromatic N) is 5. The van der Waals surface area contributed by atoms with Gasteiger partial charge in [-0.25, -0.2) is 0 Å². The summed E-state index contributed by atoms with van der Waals surface area (Å²) < 4.78 is 5.69. The zero-order chi connectivity index (χ0) is 20.9. The average Bonchev–Trinajstić information content (AvgIpc) is 3.12. The minimum atomic E-state index is -2.40. The molecular formula is C17H20N6O4. The Bertz CT molecular complexity index is 871. The summed E-state index contributed by atoms with van der Waals surface area (Å²) in [4.78, 5) is 23.5. The molecule has 10 heteroatoms. The molecule has 0 spiro atoms. The molecule has 27 heavy (non-hydrogen) atoms. The minimum absolute atomic E-state index is 0.432. The van der Waals surface area contributed by atoms with Crippen LogP contribution in [0, 0.1) is 50.2 Å². The number of nitrogens with two attached hydrogens (primary N) is 1. The van der Waals surface area contributed by atoms with E-state index in [1.165, 1.54) is 6.92 Å². The molecule has 0 aromatic heterocycles. The van der Waals surface area contributed by atoms with Crippen molar-refractivity contribution in [1.82, 2.24) is 0 Å². The van der Waals surface area contributed by atoms with Gasteiger partial charge in [0.2, 0.25) is 0 Å². The molecule has 1 aliphatic heterocycles. The van der Waals surface area contributed by atoms with E-state index < -0.39 is 33.7 Å². The molecule has 10 nitrogen and oxygen atoms in total. The third-order valence-electron chi connectivity index (χ3n) is 4.97. The maximum Gasteiger partial charge on any atom is 0.319 e. The van der Waals surface area contributed by atoms with Crippen LogP contribution < -0.4 is 5.73 Å². The molecule has 0 aromatic carbocycles. The molecule has 2 rings (SSSR count). The first-order valence-corrected chi connectivity index (χ1v) is 8.04. The smallest absolute Gasteiger partial charge is 0.319 e. The molecule has 1 saturated heterocycles. The first-order valence-electron chi connectivity index (χ1n) is 8.04. The average molecular weight is 372 g/mol. The van der Waals surface area contributed by atoms with Gasteiger partial charge in [0.1, 0.15) is 5.78 Å². The highest BCUT2D eigenvalue weighted by Gasteiger charge is 3.10. The summed E-state index contributed by atoms with van der Waals surface area (Å²) >= 11 is 0. The van der Waals surface area contributed by atoms with Crippen LogP contribution in [0.5, 0.6) is 0 Å². The quantitative estimate of drug-likeness (QED) is 0.428. The molecule has 4 unspecified atom stereocenters. The molecule has 2 fully saturated rings. The Morgan fingerprint density at radius 2 is 1.44 bits per heavy atom. The molecule has 1 heterocycles. The standard InChI is InChI=1S/C17H20N6O4/c1-10(2)22-26-13(6)16(12(5)24)14(7-18,8-19)15(16,9-20)17(21,25-13)27-23-11(3)4/h21H2,1-6H3. The molecule has 1 saturated carbocycles. The van der Waals surface area contributed by atoms with Crippen LogP contribution in [0.25, 0.3) is 0 Å². The third kappa shape index (κ3) is 1.90. The van der Waals surface area contributed by atoms with Gasteiger partial charge >= 0.3 is 5.91 Å². The molecule has 0 aromatic rings. The van der Waals surface area contributed by atoms with E-state index in [0.717, 1.165) is 6.92 Å². The van der Waals surface area contributed by atoms with Gasteiger partial charge in [-0.05, 0) is 34.6 Å². The highest BCUT2D eigenvalue weighted by atomic mass is 16.9. The number of carbonyl (C=O) groups excluding carboxylic acids is 1. The fourth-order valence-electron chi connectivity index (χ4n) is 4.17. The van der Waals surface area contributed by atoms with Crippen LogP contribution in [0.2, 0.25) is 0 Å². The van der Waals surface area contributed by atoms with Crippen molar-refractivity contribution in [3.8, 4) is 18.2 Å². The van der Waals surface area contributed by atoms with Gasteiger partial charge in [0.15, 0.2) is 16.2 Å². The number of hydrogen-bond acceptors (Lipinski definition) is 10. The molecular weight excluding hydrogens is 352 g/mol. The van der Waals surface area contributed by atoms with Crippen molar-refractivity contribution < 1.29 is 19.2 Å². The second-order valence-electron chi connectivity index (χ2n) is 7.12. The van der Waals surface area contributed by atoms with E-state index in [1.807, 2.05) is 6.07 Å². The number of carbonyl (C=O) groups is 1. The Kier molecular flexibility index (Phi) is 4.33. The highest BCUT2D eigenvalue weighted by Crippen LogP contribution is 2.89. The van der Waals surface area contributed by atoms with Crippen molar-refractivity contribution in [2.75, 3.05) is 0 Å². The third-order valence-corrected chi connectivity index (χ3v) is 4.97. The lowest BCUT2D eigenvalue weighted by molar-refractivity contribution is -0.348.